The van der Waals surface area contributed by atoms with Crippen LogP contribution in [0.1, 0.15) is 46.0 Å². The number of hydrogen-bond acceptors (Lipinski definition) is 0. The van der Waals surface area contributed by atoms with Crippen molar-refractivity contribution in [3.63, 3.8) is 0 Å². The molecule has 0 spiro atoms. The van der Waals surface area contributed by atoms with Crippen LogP contribution in [0.2, 0.25) is 0 Å². The van der Waals surface area contributed by atoms with Gasteiger partial charge in [-0.3, -0.25) is 0 Å². The van der Waals surface area contributed by atoms with Gasteiger partial charge in [-0.15, -0.1) is 6.58 Å². The van der Waals surface area contributed by atoms with E-state index in [0.717, 1.165) is 6.42 Å². The Balaban J connectivity index is 0.000000218. The van der Waals surface area contributed by atoms with Crippen LogP contribution >= 0.6 is 0 Å². The van der Waals surface area contributed by atoms with E-state index in [1.54, 1.807) is 5.57 Å². The highest BCUT2D eigenvalue weighted by atomic mass is 14.1. The SMILES string of the molecule is C=CCC.CCCC=C1CC1. The molecule has 0 amide bonds. The lowest BCUT2D eigenvalue weighted by molar-refractivity contribution is 0.956. The molecule has 64 valence electrons. The summed E-state index contributed by atoms with van der Waals surface area (Å²) in [5.74, 6) is 0. The fraction of sp³-hybridized carbons (Fsp3) is 0.636. The number of hydrogen-bond donors (Lipinski definition) is 0. The number of allylic oxidation sites excluding steroid dienone is 3. The fourth-order valence-corrected chi connectivity index (χ4v) is 0.625. The van der Waals surface area contributed by atoms with Crippen LogP contribution in [0.3, 0.4) is 0 Å². The first kappa shape index (κ1) is 10.5. The van der Waals surface area contributed by atoms with Gasteiger partial charge in [-0.1, -0.05) is 38.0 Å². The molecule has 0 unspecified atom stereocenters. The van der Waals surface area contributed by atoms with E-state index < -0.39 is 0 Å². The first-order valence-corrected chi connectivity index (χ1v) is 4.63. The molecule has 0 radical (unpaired) electrons. The molecule has 1 rings (SSSR count). The van der Waals surface area contributed by atoms with Crippen molar-refractivity contribution in [1.29, 1.82) is 0 Å². The van der Waals surface area contributed by atoms with Crippen molar-refractivity contribution < 1.29 is 0 Å². The van der Waals surface area contributed by atoms with Gasteiger partial charge in [-0.2, -0.15) is 0 Å². The molecule has 0 aromatic carbocycles. The molecule has 0 aromatic heterocycles. The molecular formula is C11H20. The zero-order valence-electron chi connectivity index (χ0n) is 7.90. The van der Waals surface area contributed by atoms with Gasteiger partial charge in [0.25, 0.3) is 0 Å². The van der Waals surface area contributed by atoms with Gasteiger partial charge in [0, 0.05) is 0 Å². The second-order valence-electron chi connectivity index (χ2n) is 2.85. The van der Waals surface area contributed by atoms with Crippen LogP contribution in [0.25, 0.3) is 0 Å². The molecule has 0 heterocycles. The van der Waals surface area contributed by atoms with Crippen molar-refractivity contribution in [2.24, 2.45) is 0 Å². The Morgan fingerprint density at radius 3 is 2.18 bits per heavy atom. The summed E-state index contributed by atoms with van der Waals surface area (Å²) in [6, 6.07) is 0. The minimum absolute atomic E-state index is 1.08. The highest BCUT2D eigenvalue weighted by Crippen LogP contribution is 2.27. The van der Waals surface area contributed by atoms with Crippen molar-refractivity contribution in [2.45, 2.75) is 46.0 Å². The van der Waals surface area contributed by atoms with Crippen LogP contribution in [-0.2, 0) is 0 Å². The third-order valence-electron chi connectivity index (χ3n) is 1.55. The summed E-state index contributed by atoms with van der Waals surface area (Å²) >= 11 is 0. The molecule has 0 N–H and O–H groups in total. The molecule has 1 saturated carbocycles. The Bertz CT molecular complexity index is 114. The predicted molar refractivity (Wildman–Crippen MR) is 52.7 cm³/mol. The summed E-state index contributed by atoms with van der Waals surface area (Å²) in [5, 5.41) is 0. The van der Waals surface area contributed by atoms with Crippen molar-refractivity contribution in [2.75, 3.05) is 0 Å². The average molecular weight is 152 g/mol. The topological polar surface area (TPSA) is 0 Å². The molecule has 1 fully saturated rings. The van der Waals surface area contributed by atoms with Gasteiger partial charge in [0.05, 0.1) is 0 Å². The summed E-state index contributed by atoms with van der Waals surface area (Å²) in [6.45, 7) is 7.76. The summed E-state index contributed by atoms with van der Waals surface area (Å²) in [5.41, 5.74) is 1.68. The van der Waals surface area contributed by atoms with E-state index in [9.17, 15) is 0 Å². The Morgan fingerprint density at radius 1 is 1.36 bits per heavy atom. The van der Waals surface area contributed by atoms with Gasteiger partial charge in [0.1, 0.15) is 0 Å². The second-order valence-corrected chi connectivity index (χ2v) is 2.85. The smallest absolute Gasteiger partial charge is 0.0283 e. The Morgan fingerprint density at radius 2 is 1.91 bits per heavy atom. The fourth-order valence-electron chi connectivity index (χ4n) is 0.625. The van der Waals surface area contributed by atoms with Crippen LogP contribution in [0, 0.1) is 0 Å². The largest absolute Gasteiger partial charge is 0.103 e. The predicted octanol–water partition coefficient (Wildman–Crippen LogP) is 4.09. The van der Waals surface area contributed by atoms with Crippen molar-refractivity contribution in [3.05, 3.63) is 24.3 Å². The van der Waals surface area contributed by atoms with E-state index in [1.807, 2.05) is 6.08 Å². The van der Waals surface area contributed by atoms with E-state index in [4.69, 9.17) is 0 Å². The van der Waals surface area contributed by atoms with E-state index in [-0.39, 0.29) is 0 Å². The first-order valence-electron chi connectivity index (χ1n) is 4.63. The van der Waals surface area contributed by atoms with Crippen LogP contribution < -0.4 is 0 Å². The minimum atomic E-state index is 1.08. The van der Waals surface area contributed by atoms with Crippen LogP contribution in [0.15, 0.2) is 24.3 Å². The van der Waals surface area contributed by atoms with Gasteiger partial charge in [0.2, 0.25) is 0 Å². The van der Waals surface area contributed by atoms with Crippen molar-refractivity contribution >= 4 is 0 Å². The summed E-state index contributed by atoms with van der Waals surface area (Å²) in [7, 11) is 0. The van der Waals surface area contributed by atoms with Gasteiger partial charge in [-0.25, -0.2) is 0 Å². The molecule has 1 aliphatic carbocycles. The van der Waals surface area contributed by atoms with Crippen molar-refractivity contribution in [1.82, 2.24) is 0 Å². The Labute approximate surface area is 71.0 Å². The summed E-state index contributed by atoms with van der Waals surface area (Å²) < 4.78 is 0. The van der Waals surface area contributed by atoms with E-state index in [2.05, 4.69) is 26.5 Å². The maximum atomic E-state index is 3.48. The monoisotopic (exact) mass is 152 g/mol. The molecule has 0 heteroatoms. The van der Waals surface area contributed by atoms with Gasteiger partial charge < -0.3 is 0 Å². The average Bonchev–Trinajstić information content (AvgIpc) is 2.85. The minimum Gasteiger partial charge on any atom is -0.103 e. The van der Waals surface area contributed by atoms with E-state index in [0.29, 0.717) is 0 Å². The number of rotatable bonds is 3. The maximum Gasteiger partial charge on any atom is -0.0283 e. The third kappa shape index (κ3) is 9.48. The van der Waals surface area contributed by atoms with Crippen LogP contribution in [0.4, 0.5) is 0 Å². The number of unbranched alkanes of at least 4 members (excludes halogenated alkanes) is 1. The first-order chi connectivity index (χ1) is 5.35. The molecule has 0 saturated heterocycles. The Kier molecular flexibility index (Phi) is 7.23. The normalized spacial score (nSPS) is 13.1. The zero-order chi connectivity index (χ0) is 8.53. The van der Waals surface area contributed by atoms with Gasteiger partial charge in [-0.05, 0) is 25.7 Å². The van der Waals surface area contributed by atoms with Crippen LogP contribution in [0.5, 0.6) is 0 Å². The molecule has 0 bridgehead atoms. The maximum absolute atomic E-state index is 3.48. The third-order valence-corrected chi connectivity index (χ3v) is 1.55. The lowest BCUT2D eigenvalue weighted by Gasteiger charge is -1.77. The summed E-state index contributed by atoms with van der Waals surface area (Å²) in [6.07, 6.45) is 10.7. The van der Waals surface area contributed by atoms with Crippen LogP contribution in [-0.4, -0.2) is 0 Å². The standard InChI is InChI=1S/C7H12.C4H8/c1-2-3-4-7-5-6-7;1-3-4-2/h4H,2-3,5-6H2,1H3;3H,1,4H2,2H3. The Hall–Kier alpha value is -0.520. The quantitative estimate of drug-likeness (QED) is 0.534. The zero-order valence-corrected chi connectivity index (χ0v) is 7.90. The van der Waals surface area contributed by atoms with Gasteiger partial charge in [0.15, 0.2) is 0 Å². The molecule has 1 aliphatic rings. The lowest BCUT2D eigenvalue weighted by Crippen LogP contribution is -1.57. The second kappa shape index (κ2) is 7.59. The molecule has 11 heavy (non-hydrogen) atoms. The lowest BCUT2D eigenvalue weighted by atomic mass is 10.3. The molecular weight excluding hydrogens is 132 g/mol. The van der Waals surface area contributed by atoms with Crippen molar-refractivity contribution in [3.8, 4) is 0 Å². The highest BCUT2D eigenvalue weighted by Gasteiger charge is 2.08. The molecule has 0 aliphatic heterocycles. The molecule has 0 aromatic rings. The highest BCUT2D eigenvalue weighted by molar-refractivity contribution is 5.15. The molecule has 0 atom stereocenters. The van der Waals surface area contributed by atoms with E-state index >= 15 is 0 Å². The van der Waals surface area contributed by atoms with Gasteiger partial charge >= 0.3 is 0 Å². The van der Waals surface area contributed by atoms with E-state index in [1.165, 1.54) is 25.7 Å². The summed E-state index contributed by atoms with van der Waals surface area (Å²) in [4.78, 5) is 0. The molecule has 0 nitrogen and oxygen atoms in total.